The number of carbonyl (C=O) groups excluding carboxylic acids is 2. The van der Waals surface area contributed by atoms with E-state index in [1.807, 2.05) is 18.7 Å². The van der Waals surface area contributed by atoms with Gasteiger partial charge in [-0.15, -0.1) is 0 Å². The van der Waals surface area contributed by atoms with Gasteiger partial charge < -0.3 is 26.0 Å². The Labute approximate surface area is 188 Å². The van der Waals surface area contributed by atoms with Gasteiger partial charge in [-0.25, -0.2) is 13.2 Å². The minimum atomic E-state index is -4.05. The molecule has 10 nitrogen and oxygen atoms in total. The van der Waals surface area contributed by atoms with Crippen molar-refractivity contribution in [1.82, 2.24) is 5.32 Å². The Morgan fingerprint density at radius 2 is 1.78 bits per heavy atom. The number of carbonyl (C=O) groups is 2. The molecule has 5 N–H and O–H groups in total. The molecule has 0 aromatic heterocycles. The Morgan fingerprint density at radius 3 is 2.38 bits per heavy atom. The lowest BCUT2D eigenvalue weighted by molar-refractivity contribution is -0.117. The maximum Gasteiger partial charge on any atom is 0.312 e. The molecule has 0 saturated heterocycles. The fraction of sp³-hybridized carbons (Fsp3) is 0.333. The monoisotopic (exact) mass is 463 g/mol. The first-order valence-corrected chi connectivity index (χ1v) is 11.5. The van der Waals surface area contributed by atoms with Gasteiger partial charge in [0.1, 0.15) is 16.7 Å². The molecule has 32 heavy (non-hydrogen) atoms. The SMILES string of the molecule is CCN(CC)c1ccc(NC(=O)[C@H](C)NC(N)=O)cc1S(=O)(=O)Nc1ccccc1OC. The Bertz CT molecular complexity index is 1070. The van der Waals surface area contributed by atoms with E-state index in [9.17, 15) is 18.0 Å². The summed E-state index contributed by atoms with van der Waals surface area (Å²) in [4.78, 5) is 25.2. The number of primary amides is 1. The minimum Gasteiger partial charge on any atom is -0.495 e. The van der Waals surface area contributed by atoms with Gasteiger partial charge in [-0.1, -0.05) is 12.1 Å². The van der Waals surface area contributed by atoms with Crippen LogP contribution in [0.3, 0.4) is 0 Å². The maximum absolute atomic E-state index is 13.4. The van der Waals surface area contributed by atoms with Crippen molar-refractivity contribution in [2.45, 2.75) is 31.7 Å². The summed E-state index contributed by atoms with van der Waals surface area (Å²) in [7, 11) is -2.60. The molecule has 0 fully saturated rings. The molecule has 174 valence electrons. The fourth-order valence-corrected chi connectivity index (χ4v) is 4.41. The highest BCUT2D eigenvalue weighted by atomic mass is 32.2. The summed E-state index contributed by atoms with van der Waals surface area (Å²) >= 11 is 0. The van der Waals surface area contributed by atoms with Crippen molar-refractivity contribution in [2.24, 2.45) is 5.73 Å². The van der Waals surface area contributed by atoms with Crippen LogP contribution >= 0.6 is 0 Å². The van der Waals surface area contributed by atoms with Crippen LogP contribution in [0.25, 0.3) is 0 Å². The van der Waals surface area contributed by atoms with E-state index in [0.29, 0.717) is 24.5 Å². The Balaban J connectivity index is 2.48. The molecule has 1 atom stereocenters. The van der Waals surface area contributed by atoms with Crippen molar-refractivity contribution >= 4 is 39.0 Å². The Hall–Kier alpha value is -3.47. The van der Waals surface area contributed by atoms with Gasteiger partial charge in [0, 0.05) is 18.8 Å². The lowest BCUT2D eigenvalue weighted by Crippen LogP contribution is -2.44. The third-order valence-corrected chi connectivity index (χ3v) is 6.12. The van der Waals surface area contributed by atoms with Crippen molar-refractivity contribution in [2.75, 3.05) is 35.1 Å². The van der Waals surface area contributed by atoms with Crippen LogP contribution in [-0.2, 0) is 14.8 Å². The van der Waals surface area contributed by atoms with E-state index in [1.165, 1.54) is 20.1 Å². The lowest BCUT2D eigenvalue weighted by Gasteiger charge is -2.25. The van der Waals surface area contributed by atoms with E-state index in [1.54, 1.807) is 36.4 Å². The average Bonchev–Trinajstić information content (AvgIpc) is 2.75. The first kappa shape index (κ1) is 24.8. The van der Waals surface area contributed by atoms with Crippen molar-refractivity contribution in [3.8, 4) is 5.75 Å². The predicted molar refractivity (Wildman–Crippen MR) is 125 cm³/mol. The van der Waals surface area contributed by atoms with E-state index in [0.717, 1.165) is 0 Å². The van der Waals surface area contributed by atoms with Crippen molar-refractivity contribution in [3.05, 3.63) is 42.5 Å². The molecule has 0 aliphatic rings. The molecule has 3 amide bonds. The van der Waals surface area contributed by atoms with Gasteiger partial charge in [-0.3, -0.25) is 9.52 Å². The number of methoxy groups -OCH3 is 1. The van der Waals surface area contributed by atoms with Gasteiger partial charge >= 0.3 is 6.03 Å². The van der Waals surface area contributed by atoms with Crippen molar-refractivity contribution < 1.29 is 22.7 Å². The molecular formula is C21H29N5O5S. The zero-order chi connectivity index (χ0) is 23.9. The number of urea groups is 1. The Kier molecular flexibility index (Phi) is 8.30. The van der Waals surface area contributed by atoms with Crippen LogP contribution < -0.4 is 30.7 Å². The highest BCUT2D eigenvalue weighted by Crippen LogP contribution is 2.32. The summed E-state index contributed by atoms with van der Waals surface area (Å²) in [6.45, 7) is 6.46. The molecule has 2 rings (SSSR count). The van der Waals surface area contributed by atoms with Crippen LogP contribution in [0.2, 0.25) is 0 Å². The van der Waals surface area contributed by atoms with E-state index < -0.39 is 28.0 Å². The third kappa shape index (κ3) is 6.03. The van der Waals surface area contributed by atoms with Crippen LogP contribution in [0, 0.1) is 0 Å². The van der Waals surface area contributed by atoms with Crippen LogP contribution in [0.1, 0.15) is 20.8 Å². The summed E-state index contributed by atoms with van der Waals surface area (Å²) in [5, 5.41) is 4.88. The smallest absolute Gasteiger partial charge is 0.312 e. The van der Waals surface area contributed by atoms with E-state index >= 15 is 0 Å². The van der Waals surface area contributed by atoms with Crippen LogP contribution in [0.5, 0.6) is 5.75 Å². The summed E-state index contributed by atoms with van der Waals surface area (Å²) in [6, 6.07) is 9.53. The molecule has 0 heterocycles. The molecule has 0 aliphatic heterocycles. The average molecular weight is 464 g/mol. The maximum atomic E-state index is 13.4. The van der Waals surface area contributed by atoms with E-state index in [4.69, 9.17) is 10.5 Å². The number of amides is 3. The largest absolute Gasteiger partial charge is 0.495 e. The molecule has 0 unspecified atom stereocenters. The van der Waals surface area contributed by atoms with Gasteiger partial charge in [0.25, 0.3) is 10.0 Å². The van der Waals surface area contributed by atoms with Crippen molar-refractivity contribution in [3.63, 3.8) is 0 Å². The second-order valence-electron chi connectivity index (χ2n) is 6.88. The van der Waals surface area contributed by atoms with Gasteiger partial charge in [-0.05, 0) is 51.1 Å². The zero-order valence-electron chi connectivity index (χ0n) is 18.5. The first-order valence-electron chi connectivity index (χ1n) is 10.0. The van der Waals surface area contributed by atoms with Gasteiger partial charge in [0.15, 0.2) is 0 Å². The van der Waals surface area contributed by atoms with Gasteiger partial charge in [0.2, 0.25) is 5.91 Å². The number of sulfonamides is 1. The summed E-state index contributed by atoms with van der Waals surface area (Å²) < 4.78 is 34.5. The van der Waals surface area contributed by atoms with Crippen molar-refractivity contribution in [1.29, 1.82) is 0 Å². The molecule has 0 spiro atoms. The molecule has 2 aromatic rings. The number of benzene rings is 2. The zero-order valence-corrected chi connectivity index (χ0v) is 19.3. The number of ether oxygens (including phenoxy) is 1. The number of rotatable bonds is 10. The second kappa shape index (κ2) is 10.7. The predicted octanol–water partition coefficient (Wildman–Crippen LogP) is 2.34. The third-order valence-electron chi connectivity index (χ3n) is 4.72. The second-order valence-corrected chi connectivity index (χ2v) is 8.53. The number of hydrogen-bond donors (Lipinski definition) is 4. The molecule has 0 radical (unpaired) electrons. The topological polar surface area (TPSA) is 143 Å². The number of nitrogens with one attached hydrogen (secondary N) is 3. The first-order chi connectivity index (χ1) is 15.1. The molecule has 11 heteroatoms. The van der Waals surface area contributed by atoms with E-state index in [2.05, 4.69) is 15.4 Å². The fourth-order valence-electron chi connectivity index (χ4n) is 3.09. The van der Waals surface area contributed by atoms with Gasteiger partial charge in [0.05, 0.1) is 18.5 Å². The number of anilines is 3. The highest BCUT2D eigenvalue weighted by molar-refractivity contribution is 7.93. The summed E-state index contributed by atoms with van der Waals surface area (Å²) in [5.74, 6) is -0.170. The molecular weight excluding hydrogens is 434 g/mol. The minimum absolute atomic E-state index is 0.0135. The molecule has 0 bridgehead atoms. The van der Waals surface area contributed by atoms with E-state index in [-0.39, 0.29) is 16.3 Å². The molecule has 2 aromatic carbocycles. The van der Waals surface area contributed by atoms with Gasteiger partial charge in [-0.2, -0.15) is 0 Å². The van der Waals surface area contributed by atoms with Crippen LogP contribution in [0.15, 0.2) is 47.4 Å². The normalized spacial score (nSPS) is 11.9. The summed E-state index contributed by atoms with van der Waals surface area (Å²) in [5.41, 5.74) is 6.08. The summed E-state index contributed by atoms with van der Waals surface area (Å²) in [6.07, 6.45) is 0. The number of para-hydroxylation sites is 2. The highest BCUT2D eigenvalue weighted by Gasteiger charge is 2.24. The van der Waals surface area contributed by atoms with Crippen LogP contribution in [0.4, 0.5) is 21.9 Å². The number of nitrogens with zero attached hydrogens (tertiary/aromatic N) is 1. The molecule has 0 saturated carbocycles. The Morgan fingerprint density at radius 1 is 1.12 bits per heavy atom. The molecule has 0 aliphatic carbocycles. The lowest BCUT2D eigenvalue weighted by atomic mass is 10.2. The van der Waals surface area contributed by atoms with Crippen LogP contribution in [-0.4, -0.2) is 46.6 Å². The number of hydrogen-bond acceptors (Lipinski definition) is 6. The quantitative estimate of drug-likeness (QED) is 0.426. The standard InChI is InChI=1S/C21H29N5O5S/c1-5-26(6-2)17-12-11-15(24-20(27)14(3)23-21(22)28)13-19(17)32(29,30)25-16-9-7-8-10-18(16)31-4/h7-14,25H,5-6H2,1-4H3,(H,24,27)(H3,22,23,28)/t14-/m0/s1. The number of nitrogens with two attached hydrogens (primary N) is 1.